The summed E-state index contributed by atoms with van der Waals surface area (Å²) in [6, 6.07) is 4.75. The zero-order valence-electron chi connectivity index (χ0n) is 10.3. The van der Waals surface area contributed by atoms with Crippen LogP contribution in [0.5, 0.6) is 11.5 Å². The van der Waals surface area contributed by atoms with E-state index in [-0.39, 0.29) is 10.6 Å². The van der Waals surface area contributed by atoms with Gasteiger partial charge in [-0.2, -0.15) is 0 Å². The Hall–Kier alpha value is -1.27. The number of hydrogen-bond donors (Lipinski definition) is 1. The third kappa shape index (κ3) is 2.94. The van der Waals surface area contributed by atoms with Crippen molar-refractivity contribution in [1.82, 2.24) is 5.32 Å². The third-order valence-electron chi connectivity index (χ3n) is 2.67. The second kappa shape index (κ2) is 5.58. The lowest BCUT2D eigenvalue weighted by molar-refractivity contribution is 0.171. The second-order valence-corrected chi connectivity index (χ2v) is 6.09. The van der Waals surface area contributed by atoms with Crippen LogP contribution in [0.25, 0.3) is 0 Å². The summed E-state index contributed by atoms with van der Waals surface area (Å²) in [6.45, 7) is 4.11. The Bertz CT molecular complexity index is 513. The Morgan fingerprint density at radius 1 is 1.22 bits per heavy atom. The molecule has 5 nitrogen and oxygen atoms in total. The minimum Gasteiger partial charge on any atom is -0.486 e. The van der Waals surface area contributed by atoms with Gasteiger partial charge >= 0.3 is 0 Å². The van der Waals surface area contributed by atoms with E-state index < -0.39 is 9.84 Å². The van der Waals surface area contributed by atoms with E-state index in [0.29, 0.717) is 31.3 Å². The summed E-state index contributed by atoms with van der Waals surface area (Å²) < 4.78 is 34.9. The Kier molecular flexibility index (Phi) is 4.08. The molecule has 0 aliphatic carbocycles. The molecule has 2 rings (SSSR count). The Balaban J connectivity index is 2.17. The average molecular weight is 271 g/mol. The number of fused-ring (bicyclic) bond motifs is 1. The highest BCUT2D eigenvalue weighted by Crippen LogP contribution is 2.32. The van der Waals surface area contributed by atoms with Gasteiger partial charge in [0.15, 0.2) is 21.3 Å². The fraction of sp³-hybridized carbons (Fsp3) is 0.500. The van der Waals surface area contributed by atoms with Gasteiger partial charge in [-0.25, -0.2) is 8.42 Å². The first-order chi connectivity index (χ1) is 8.63. The van der Waals surface area contributed by atoms with Gasteiger partial charge in [-0.15, -0.1) is 0 Å². The summed E-state index contributed by atoms with van der Waals surface area (Å²) in [5.41, 5.74) is 0. The van der Waals surface area contributed by atoms with Gasteiger partial charge in [0, 0.05) is 12.6 Å². The predicted octanol–water partition coefficient (Wildman–Crippen LogP) is 0.841. The van der Waals surface area contributed by atoms with Gasteiger partial charge in [-0.05, 0) is 18.7 Å². The van der Waals surface area contributed by atoms with Crippen molar-refractivity contribution in [3.63, 3.8) is 0 Å². The van der Waals surface area contributed by atoms with Crippen molar-refractivity contribution < 1.29 is 17.9 Å². The van der Waals surface area contributed by atoms with Gasteiger partial charge in [-0.3, -0.25) is 0 Å². The fourth-order valence-electron chi connectivity index (χ4n) is 1.72. The van der Waals surface area contributed by atoms with E-state index in [0.717, 1.165) is 6.54 Å². The quantitative estimate of drug-likeness (QED) is 0.804. The summed E-state index contributed by atoms with van der Waals surface area (Å²) in [5.74, 6) is 1.19. The van der Waals surface area contributed by atoms with Crippen LogP contribution in [0.2, 0.25) is 0 Å². The highest BCUT2D eigenvalue weighted by atomic mass is 32.2. The molecule has 1 heterocycles. The minimum atomic E-state index is -3.26. The Morgan fingerprint density at radius 3 is 2.67 bits per heavy atom. The number of sulfone groups is 1. The Labute approximate surface area is 107 Å². The number of rotatable bonds is 5. The predicted molar refractivity (Wildman–Crippen MR) is 68.0 cm³/mol. The van der Waals surface area contributed by atoms with Crippen LogP contribution >= 0.6 is 0 Å². The zero-order valence-corrected chi connectivity index (χ0v) is 11.1. The monoisotopic (exact) mass is 271 g/mol. The molecule has 0 saturated carbocycles. The van der Waals surface area contributed by atoms with Gasteiger partial charge in [0.05, 0.1) is 10.6 Å². The first-order valence-electron chi connectivity index (χ1n) is 5.96. The summed E-state index contributed by atoms with van der Waals surface area (Å²) in [4.78, 5) is 0.282. The van der Waals surface area contributed by atoms with Gasteiger partial charge in [0.2, 0.25) is 0 Å². The average Bonchev–Trinajstić information content (AvgIpc) is 2.38. The topological polar surface area (TPSA) is 64.6 Å². The summed E-state index contributed by atoms with van der Waals surface area (Å²) in [6.07, 6.45) is 0. The first-order valence-corrected chi connectivity index (χ1v) is 7.62. The standard InChI is InChI=1S/C12H17NO4S/c1-2-13-5-8-18(14,15)10-3-4-11-12(9-10)17-7-6-16-11/h3-4,9,13H,2,5-8H2,1H3. The SMILES string of the molecule is CCNCCS(=O)(=O)c1ccc2c(c1)OCCO2. The molecule has 0 spiro atoms. The maximum atomic E-state index is 12.1. The van der Waals surface area contributed by atoms with Crippen molar-refractivity contribution in [3.05, 3.63) is 18.2 Å². The molecule has 0 radical (unpaired) electrons. The van der Waals surface area contributed by atoms with E-state index in [4.69, 9.17) is 9.47 Å². The number of ether oxygens (including phenoxy) is 2. The normalized spacial score (nSPS) is 14.5. The van der Waals surface area contributed by atoms with Crippen molar-refractivity contribution >= 4 is 9.84 Å². The van der Waals surface area contributed by atoms with Crippen molar-refractivity contribution in [2.45, 2.75) is 11.8 Å². The Morgan fingerprint density at radius 2 is 1.94 bits per heavy atom. The van der Waals surface area contributed by atoms with E-state index in [1.165, 1.54) is 6.07 Å². The molecule has 1 aliphatic rings. The molecule has 0 bridgehead atoms. The van der Waals surface area contributed by atoms with Crippen LogP contribution in [-0.4, -0.2) is 40.5 Å². The van der Waals surface area contributed by atoms with Gasteiger partial charge < -0.3 is 14.8 Å². The summed E-state index contributed by atoms with van der Waals surface area (Å²) >= 11 is 0. The second-order valence-electron chi connectivity index (χ2n) is 3.98. The highest BCUT2D eigenvalue weighted by Gasteiger charge is 2.18. The molecule has 0 aromatic heterocycles. The molecule has 0 atom stereocenters. The molecular formula is C12H17NO4S. The lowest BCUT2D eigenvalue weighted by Crippen LogP contribution is -2.23. The van der Waals surface area contributed by atoms with Crippen LogP contribution in [0.4, 0.5) is 0 Å². The minimum absolute atomic E-state index is 0.0838. The molecule has 1 aromatic rings. The lowest BCUT2D eigenvalue weighted by atomic mass is 10.3. The van der Waals surface area contributed by atoms with E-state index in [2.05, 4.69) is 5.32 Å². The van der Waals surface area contributed by atoms with Crippen LogP contribution in [0.1, 0.15) is 6.92 Å². The lowest BCUT2D eigenvalue weighted by Gasteiger charge is -2.18. The van der Waals surface area contributed by atoms with Gasteiger partial charge in [0.1, 0.15) is 13.2 Å². The molecule has 1 aliphatic heterocycles. The molecule has 0 amide bonds. The largest absolute Gasteiger partial charge is 0.486 e. The van der Waals surface area contributed by atoms with Crippen LogP contribution in [0.15, 0.2) is 23.1 Å². The maximum absolute atomic E-state index is 12.1. The third-order valence-corrected chi connectivity index (χ3v) is 4.38. The molecule has 1 aromatic carbocycles. The van der Waals surface area contributed by atoms with Crippen molar-refractivity contribution in [2.24, 2.45) is 0 Å². The number of nitrogens with one attached hydrogen (secondary N) is 1. The van der Waals surface area contributed by atoms with E-state index in [1.807, 2.05) is 6.92 Å². The highest BCUT2D eigenvalue weighted by molar-refractivity contribution is 7.91. The first kappa shape index (κ1) is 13.2. The van der Waals surface area contributed by atoms with Crippen LogP contribution in [-0.2, 0) is 9.84 Å². The molecule has 1 N–H and O–H groups in total. The molecule has 0 saturated heterocycles. The maximum Gasteiger partial charge on any atom is 0.179 e. The van der Waals surface area contributed by atoms with E-state index in [9.17, 15) is 8.42 Å². The zero-order chi connectivity index (χ0) is 13.0. The van der Waals surface area contributed by atoms with Crippen LogP contribution < -0.4 is 14.8 Å². The molecule has 0 fully saturated rings. The fourth-order valence-corrected chi connectivity index (χ4v) is 2.93. The van der Waals surface area contributed by atoms with Crippen molar-refractivity contribution in [1.29, 1.82) is 0 Å². The molecule has 100 valence electrons. The van der Waals surface area contributed by atoms with E-state index >= 15 is 0 Å². The molecule has 6 heteroatoms. The summed E-state index contributed by atoms with van der Waals surface area (Å²) in [7, 11) is -3.26. The summed E-state index contributed by atoms with van der Waals surface area (Å²) in [5, 5.41) is 3.00. The molecule has 18 heavy (non-hydrogen) atoms. The molecule has 0 unspecified atom stereocenters. The van der Waals surface area contributed by atoms with Crippen molar-refractivity contribution in [3.8, 4) is 11.5 Å². The number of hydrogen-bond acceptors (Lipinski definition) is 5. The smallest absolute Gasteiger partial charge is 0.179 e. The van der Waals surface area contributed by atoms with E-state index in [1.54, 1.807) is 12.1 Å². The van der Waals surface area contributed by atoms with Gasteiger partial charge in [0.25, 0.3) is 0 Å². The number of benzene rings is 1. The molecular weight excluding hydrogens is 254 g/mol. The van der Waals surface area contributed by atoms with Crippen LogP contribution in [0, 0.1) is 0 Å². The van der Waals surface area contributed by atoms with Crippen molar-refractivity contribution in [2.75, 3.05) is 32.1 Å². The van der Waals surface area contributed by atoms with Crippen LogP contribution in [0.3, 0.4) is 0 Å². The van der Waals surface area contributed by atoms with Gasteiger partial charge in [-0.1, -0.05) is 6.92 Å².